The Morgan fingerprint density at radius 3 is 2.00 bits per heavy atom. The van der Waals surface area contributed by atoms with Gasteiger partial charge in [-0.05, 0) is 42.0 Å². The highest BCUT2D eigenvalue weighted by molar-refractivity contribution is 6.21. The van der Waals surface area contributed by atoms with Crippen LogP contribution in [0.5, 0.6) is 0 Å². The van der Waals surface area contributed by atoms with Gasteiger partial charge in [-0.25, -0.2) is 4.99 Å². The van der Waals surface area contributed by atoms with Gasteiger partial charge in [-0.15, -0.1) is 0 Å². The SMILES string of the molecule is C[C@H]1C=C(C2=NC(C)(C)CO2)c2ccccc2[C@@H]1N(Cc1ccccc1)Cc1ccccc1. The van der Waals surface area contributed by atoms with Crippen molar-refractivity contribution in [3.8, 4) is 0 Å². The molecular formula is C30H32N2O. The van der Waals surface area contributed by atoms with Crippen molar-refractivity contribution in [2.75, 3.05) is 6.61 Å². The summed E-state index contributed by atoms with van der Waals surface area (Å²) in [6.07, 6.45) is 2.37. The van der Waals surface area contributed by atoms with Gasteiger partial charge in [-0.3, -0.25) is 4.90 Å². The first-order valence-electron chi connectivity index (χ1n) is 11.9. The molecular weight excluding hydrogens is 404 g/mol. The fourth-order valence-corrected chi connectivity index (χ4v) is 5.05. The average molecular weight is 437 g/mol. The number of aliphatic imine (C=N–C) groups is 1. The quantitative estimate of drug-likeness (QED) is 0.431. The van der Waals surface area contributed by atoms with Crippen LogP contribution in [0.2, 0.25) is 0 Å². The van der Waals surface area contributed by atoms with Crippen molar-refractivity contribution < 1.29 is 4.74 Å². The van der Waals surface area contributed by atoms with E-state index in [-0.39, 0.29) is 11.6 Å². The lowest BCUT2D eigenvalue weighted by Gasteiger charge is -2.39. The molecule has 0 unspecified atom stereocenters. The molecule has 168 valence electrons. The van der Waals surface area contributed by atoms with Gasteiger partial charge < -0.3 is 4.74 Å². The van der Waals surface area contributed by atoms with E-state index in [0.717, 1.165) is 24.6 Å². The van der Waals surface area contributed by atoms with Crippen LogP contribution in [0.1, 0.15) is 49.1 Å². The molecule has 0 bridgehead atoms. The summed E-state index contributed by atoms with van der Waals surface area (Å²) in [6.45, 7) is 9.00. The van der Waals surface area contributed by atoms with Gasteiger partial charge in [0.25, 0.3) is 0 Å². The second-order valence-electron chi connectivity index (χ2n) is 9.87. The third kappa shape index (κ3) is 4.65. The van der Waals surface area contributed by atoms with Crippen molar-refractivity contribution in [2.24, 2.45) is 10.9 Å². The van der Waals surface area contributed by atoms with Gasteiger partial charge in [0.1, 0.15) is 6.61 Å². The molecule has 33 heavy (non-hydrogen) atoms. The van der Waals surface area contributed by atoms with Gasteiger partial charge in [0, 0.05) is 24.7 Å². The number of nitrogens with zero attached hydrogens (tertiary/aromatic N) is 2. The maximum atomic E-state index is 6.07. The first-order valence-corrected chi connectivity index (χ1v) is 11.9. The van der Waals surface area contributed by atoms with Crippen molar-refractivity contribution in [3.63, 3.8) is 0 Å². The first kappa shape index (κ1) is 21.7. The fourth-order valence-electron chi connectivity index (χ4n) is 5.05. The third-order valence-electron chi connectivity index (χ3n) is 6.54. The Morgan fingerprint density at radius 1 is 0.848 bits per heavy atom. The second-order valence-corrected chi connectivity index (χ2v) is 9.87. The van der Waals surface area contributed by atoms with Crippen LogP contribution in [0, 0.1) is 5.92 Å². The van der Waals surface area contributed by atoms with E-state index < -0.39 is 0 Å². The van der Waals surface area contributed by atoms with E-state index in [4.69, 9.17) is 9.73 Å². The number of rotatable bonds is 6. The highest BCUT2D eigenvalue weighted by atomic mass is 16.5. The molecule has 0 fully saturated rings. The minimum atomic E-state index is -0.169. The van der Waals surface area contributed by atoms with Crippen molar-refractivity contribution in [3.05, 3.63) is 113 Å². The molecule has 3 aromatic rings. The number of hydrogen-bond acceptors (Lipinski definition) is 3. The molecule has 3 nitrogen and oxygen atoms in total. The Morgan fingerprint density at radius 2 is 1.42 bits per heavy atom. The summed E-state index contributed by atoms with van der Waals surface area (Å²) >= 11 is 0. The minimum absolute atomic E-state index is 0.169. The minimum Gasteiger partial charge on any atom is -0.475 e. The van der Waals surface area contributed by atoms with Gasteiger partial charge in [0.15, 0.2) is 0 Å². The molecule has 0 N–H and O–H groups in total. The van der Waals surface area contributed by atoms with E-state index in [2.05, 4.69) is 117 Å². The van der Waals surface area contributed by atoms with Gasteiger partial charge in [-0.2, -0.15) is 0 Å². The van der Waals surface area contributed by atoms with Crippen LogP contribution in [-0.4, -0.2) is 22.9 Å². The molecule has 0 radical (unpaired) electrons. The van der Waals surface area contributed by atoms with E-state index >= 15 is 0 Å². The van der Waals surface area contributed by atoms with E-state index in [0.29, 0.717) is 12.5 Å². The molecule has 0 aromatic heterocycles. The second kappa shape index (κ2) is 8.99. The van der Waals surface area contributed by atoms with Crippen LogP contribution in [0.15, 0.2) is 96.0 Å². The highest BCUT2D eigenvalue weighted by Gasteiger charge is 2.36. The summed E-state index contributed by atoms with van der Waals surface area (Å²) in [5.74, 6) is 1.10. The maximum absolute atomic E-state index is 6.07. The summed E-state index contributed by atoms with van der Waals surface area (Å²) in [6, 6.07) is 30.6. The van der Waals surface area contributed by atoms with Crippen LogP contribution in [0.25, 0.3) is 5.57 Å². The molecule has 0 saturated heterocycles. The zero-order valence-electron chi connectivity index (χ0n) is 19.7. The van der Waals surface area contributed by atoms with Crippen molar-refractivity contribution in [2.45, 2.75) is 45.4 Å². The molecule has 3 aromatic carbocycles. The van der Waals surface area contributed by atoms with Crippen molar-refractivity contribution in [1.82, 2.24) is 4.90 Å². The van der Waals surface area contributed by atoms with Crippen LogP contribution >= 0.6 is 0 Å². The normalized spacial score (nSPS) is 21.2. The Hall–Kier alpha value is -3.17. The number of hydrogen-bond donors (Lipinski definition) is 0. The van der Waals surface area contributed by atoms with Gasteiger partial charge >= 0.3 is 0 Å². The van der Waals surface area contributed by atoms with Crippen LogP contribution in [0.3, 0.4) is 0 Å². The van der Waals surface area contributed by atoms with E-state index in [1.807, 2.05) is 0 Å². The molecule has 2 aliphatic rings. The molecule has 0 spiro atoms. The molecule has 0 amide bonds. The van der Waals surface area contributed by atoms with Crippen molar-refractivity contribution in [1.29, 1.82) is 0 Å². The molecule has 1 aliphatic carbocycles. The third-order valence-corrected chi connectivity index (χ3v) is 6.54. The molecule has 0 saturated carbocycles. The number of fused-ring (bicyclic) bond motifs is 1. The van der Waals surface area contributed by atoms with E-state index in [9.17, 15) is 0 Å². The number of benzene rings is 3. The van der Waals surface area contributed by atoms with Gasteiger partial charge in [-0.1, -0.05) is 97.9 Å². The predicted molar refractivity (Wildman–Crippen MR) is 136 cm³/mol. The summed E-state index contributed by atoms with van der Waals surface area (Å²) in [7, 11) is 0. The zero-order chi connectivity index (χ0) is 22.8. The molecule has 1 aliphatic heterocycles. The summed E-state index contributed by atoms with van der Waals surface area (Å²) in [4.78, 5) is 7.51. The van der Waals surface area contributed by atoms with Gasteiger partial charge in [0.2, 0.25) is 5.90 Å². The lowest BCUT2D eigenvalue weighted by molar-refractivity contribution is 0.146. The topological polar surface area (TPSA) is 24.8 Å². The Kier molecular flexibility index (Phi) is 5.90. The molecule has 2 atom stereocenters. The summed E-state index contributed by atoms with van der Waals surface area (Å²) in [5, 5.41) is 0. The Labute approximate surface area is 197 Å². The Balaban J connectivity index is 1.55. The highest BCUT2D eigenvalue weighted by Crippen LogP contribution is 2.43. The van der Waals surface area contributed by atoms with E-state index in [1.54, 1.807) is 0 Å². The summed E-state index contributed by atoms with van der Waals surface area (Å²) in [5.41, 5.74) is 6.22. The maximum Gasteiger partial charge on any atom is 0.217 e. The summed E-state index contributed by atoms with van der Waals surface area (Å²) < 4.78 is 6.07. The van der Waals surface area contributed by atoms with Gasteiger partial charge in [0.05, 0.1) is 5.54 Å². The average Bonchev–Trinajstić information content (AvgIpc) is 3.19. The smallest absolute Gasteiger partial charge is 0.217 e. The molecule has 1 heterocycles. The molecule has 5 rings (SSSR count). The Bertz CT molecular complexity index is 1120. The number of ether oxygens (including phenoxy) is 1. The largest absolute Gasteiger partial charge is 0.475 e. The van der Waals surface area contributed by atoms with Crippen LogP contribution < -0.4 is 0 Å². The fraction of sp³-hybridized carbons (Fsp3) is 0.300. The van der Waals surface area contributed by atoms with Crippen LogP contribution in [0.4, 0.5) is 0 Å². The van der Waals surface area contributed by atoms with E-state index in [1.165, 1.54) is 22.3 Å². The molecule has 3 heteroatoms. The standard InChI is InChI=1S/C30H32N2O/c1-22-18-27(29-31-30(2,3)21-33-29)25-16-10-11-17-26(25)28(22)32(19-23-12-6-4-7-13-23)20-24-14-8-5-9-15-24/h4-18,22,28H,19-21H2,1-3H3/t22-,28+/m0/s1. The first-order chi connectivity index (χ1) is 16.0. The zero-order valence-corrected chi connectivity index (χ0v) is 19.7. The monoisotopic (exact) mass is 436 g/mol. The predicted octanol–water partition coefficient (Wildman–Crippen LogP) is 6.67. The van der Waals surface area contributed by atoms with Crippen LogP contribution in [-0.2, 0) is 17.8 Å². The van der Waals surface area contributed by atoms with Crippen molar-refractivity contribution >= 4 is 11.5 Å². The lowest BCUT2D eigenvalue weighted by atomic mass is 9.80. The lowest BCUT2D eigenvalue weighted by Crippen LogP contribution is -2.34.